The van der Waals surface area contributed by atoms with E-state index in [4.69, 9.17) is 37.9 Å². The molecule has 84 heavy (non-hydrogen) atoms. The molecule has 15 atom stereocenters. The van der Waals surface area contributed by atoms with E-state index in [0.29, 0.717) is 12.0 Å². The lowest BCUT2D eigenvalue weighted by Gasteiger charge is -2.67. The van der Waals surface area contributed by atoms with Crippen molar-refractivity contribution >= 4 is 30.0 Å². The first kappa shape index (κ1) is 64.0. The Kier molecular flexibility index (Phi) is 22.4. The van der Waals surface area contributed by atoms with Crippen LogP contribution in [0.5, 0.6) is 0 Å². The molecule has 18 heteroatoms. The highest BCUT2D eigenvalue weighted by Crippen LogP contribution is 2.62. The predicted molar refractivity (Wildman–Crippen MR) is 309 cm³/mol. The van der Waals surface area contributed by atoms with Gasteiger partial charge in [0.2, 0.25) is 6.10 Å². The summed E-state index contributed by atoms with van der Waals surface area (Å²) in [4.78, 5) is 71.0. The molecule has 458 valence electrons. The van der Waals surface area contributed by atoms with Gasteiger partial charge in [0, 0.05) is 42.6 Å². The van der Waals surface area contributed by atoms with Crippen molar-refractivity contribution in [1.29, 1.82) is 0 Å². The van der Waals surface area contributed by atoms with Gasteiger partial charge in [-0.1, -0.05) is 151 Å². The SMILES string of the molecule is CCCCCCCC/C=C\CCCCCCC[C@H]1OC[C@@H](COC(=O)O[C@@H](C(=O)O[C@H]2C[C@]3(O)C(C)C(=C2C)[C@@H](OC(C)=O)C(O)[C@@]2(C)[C@H]([C@@H]3OC(=O)c3ccccc3)[C@]3(O)CO[C@@H]3C[C@@H]2O)[C@@H](NC(=O)c2ccccc2)c2ccccc2)O1. The number of hydrogen-bond donors (Lipinski definition) is 5. The van der Waals surface area contributed by atoms with E-state index in [1.54, 1.807) is 92.7 Å². The summed E-state index contributed by atoms with van der Waals surface area (Å²) in [5, 5.41) is 54.1. The molecule has 4 fully saturated rings. The molecule has 8 rings (SSSR count). The number of nitrogens with one attached hydrogen (secondary N) is 1. The summed E-state index contributed by atoms with van der Waals surface area (Å²) >= 11 is 0. The normalized spacial score (nSPS) is 30.5. The van der Waals surface area contributed by atoms with Gasteiger partial charge in [-0.15, -0.1) is 0 Å². The first-order valence-electron chi connectivity index (χ1n) is 30.3. The van der Waals surface area contributed by atoms with Crippen molar-refractivity contribution in [2.45, 2.75) is 210 Å². The molecule has 2 saturated carbocycles. The number of rotatable bonds is 27. The Hall–Kier alpha value is -5.99. The summed E-state index contributed by atoms with van der Waals surface area (Å²) in [7, 11) is 0. The van der Waals surface area contributed by atoms with Crippen LogP contribution >= 0.6 is 0 Å². The molecule has 5 aliphatic rings. The van der Waals surface area contributed by atoms with Gasteiger partial charge in [0.05, 0.1) is 31.0 Å². The second-order valence-corrected chi connectivity index (χ2v) is 23.8. The summed E-state index contributed by atoms with van der Waals surface area (Å²) < 4.78 is 48.1. The molecule has 2 heterocycles. The minimum atomic E-state index is -2.34. The highest BCUT2D eigenvalue weighted by atomic mass is 16.8. The Bertz CT molecular complexity index is 2720. The van der Waals surface area contributed by atoms with Crippen molar-refractivity contribution in [2.75, 3.05) is 19.8 Å². The molecule has 5 N–H and O–H groups in total. The molecular weight excluding hydrogens is 1080 g/mol. The van der Waals surface area contributed by atoms with Gasteiger partial charge in [0.1, 0.15) is 54.4 Å². The van der Waals surface area contributed by atoms with E-state index in [1.807, 2.05) is 0 Å². The van der Waals surface area contributed by atoms with Crippen LogP contribution in [0.1, 0.15) is 170 Å². The van der Waals surface area contributed by atoms with Crippen molar-refractivity contribution in [3.8, 4) is 0 Å². The zero-order valence-corrected chi connectivity index (χ0v) is 49.3. The van der Waals surface area contributed by atoms with Gasteiger partial charge in [0.15, 0.2) is 6.29 Å². The molecule has 18 nitrogen and oxygen atoms in total. The summed E-state index contributed by atoms with van der Waals surface area (Å²) in [6, 6.07) is 23.0. The first-order chi connectivity index (χ1) is 40.4. The Morgan fingerprint density at radius 1 is 0.762 bits per heavy atom. The van der Waals surface area contributed by atoms with Crippen LogP contribution in [0.15, 0.2) is 114 Å². The number of ether oxygens (including phenoxy) is 8. The quantitative estimate of drug-likeness (QED) is 0.0206. The Morgan fingerprint density at radius 3 is 1.99 bits per heavy atom. The third-order valence-corrected chi connectivity index (χ3v) is 18.1. The maximum absolute atomic E-state index is 15.3. The van der Waals surface area contributed by atoms with Crippen molar-refractivity contribution in [2.24, 2.45) is 17.3 Å². The van der Waals surface area contributed by atoms with Crippen LogP contribution in [0.2, 0.25) is 0 Å². The van der Waals surface area contributed by atoms with Gasteiger partial charge in [-0.2, -0.15) is 0 Å². The lowest BCUT2D eigenvalue weighted by Crippen LogP contribution is -2.80. The van der Waals surface area contributed by atoms with Crippen LogP contribution in [-0.2, 0) is 47.5 Å². The highest BCUT2D eigenvalue weighted by Gasteiger charge is 2.75. The fraction of sp³-hybridized carbons (Fsp3) is 0.591. The summed E-state index contributed by atoms with van der Waals surface area (Å²) in [6.07, 6.45) is 6.24. The second-order valence-electron chi connectivity index (χ2n) is 23.8. The van der Waals surface area contributed by atoms with Gasteiger partial charge in [-0.3, -0.25) is 9.59 Å². The summed E-state index contributed by atoms with van der Waals surface area (Å²) in [6.45, 7) is 7.50. The highest BCUT2D eigenvalue weighted by molar-refractivity contribution is 5.95. The van der Waals surface area contributed by atoms with Crippen LogP contribution in [-0.4, -0.2) is 137 Å². The van der Waals surface area contributed by atoms with Crippen molar-refractivity contribution in [3.05, 3.63) is 131 Å². The number of allylic oxidation sites excluding steroid dienone is 2. The maximum Gasteiger partial charge on any atom is 0.509 e. The summed E-state index contributed by atoms with van der Waals surface area (Å²) in [5.74, 6) is -6.28. The molecule has 2 saturated heterocycles. The standard InChI is InChI=1S/C66H87NO17/c1-6-7-8-9-10-11-12-13-14-15-16-17-18-19-29-36-52-77-39-48(81-52)40-78-63(74)83-56(54(45-30-23-20-24-31-45)67-60(71)46-32-25-21-26-33-46)62(73)82-49-38-65(75)43(3)53(42(49)2)55(80-44(4)68)58(70)64(5)50(69)37-51-66(76,41-79-51)57(64)59(65)84-61(72)47-34-27-22-28-35-47/h13-14,20-28,30-35,43,48-52,54-59,69-70,75-76H,6-12,15-19,29,36-41H2,1-5H3,(H,67,71)/b14-13-/t43?,48-,49-,50-,51+,52-,54-,55+,56+,57-,58?,59-,64+,65-,66-/m0/s1. The van der Waals surface area contributed by atoms with Crippen LogP contribution in [0.3, 0.4) is 0 Å². The Labute approximate surface area is 493 Å². The molecular formula is C66H87NO17. The van der Waals surface area contributed by atoms with Crippen LogP contribution in [0, 0.1) is 17.3 Å². The fourth-order valence-electron chi connectivity index (χ4n) is 13.2. The van der Waals surface area contributed by atoms with E-state index >= 15 is 4.79 Å². The molecule has 3 aromatic carbocycles. The number of unbranched alkanes of at least 4 members (excludes halogenated alkanes) is 11. The fourth-order valence-corrected chi connectivity index (χ4v) is 13.2. The number of fused-ring (bicyclic) bond motifs is 5. The number of aliphatic hydroxyl groups is 4. The first-order valence-corrected chi connectivity index (χ1v) is 30.3. The van der Waals surface area contributed by atoms with Crippen LogP contribution < -0.4 is 5.32 Å². The van der Waals surface area contributed by atoms with Gasteiger partial charge >= 0.3 is 24.1 Å². The number of carbonyl (C=O) groups excluding carboxylic acids is 5. The largest absolute Gasteiger partial charge is 0.509 e. The number of esters is 3. The topological polar surface area (TPSA) is 252 Å². The molecule has 2 aliphatic heterocycles. The smallest absolute Gasteiger partial charge is 0.455 e. The lowest BCUT2D eigenvalue weighted by molar-refractivity contribution is -0.360. The zero-order valence-electron chi connectivity index (χ0n) is 49.3. The van der Waals surface area contributed by atoms with Gasteiger partial charge in [0.25, 0.3) is 5.91 Å². The molecule has 2 bridgehead atoms. The third kappa shape index (κ3) is 14.8. The van der Waals surface area contributed by atoms with Crippen LogP contribution in [0.25, 0.3) is 0 Å². The van der Waals surface area contributed by atoms with E-state index in [2.05, 4.69) is 24.4 Å². The van der Waals surface area contributed by atoms with Gasteiger partial charge in [-0.25, -0.2) is 14.4 Å². The van der Waals surface area contributed by atoms with E-state index in [-0.39, 0.29) is 48.5 Å². The number of amides is 1. The minimum absolute atomic E-state index is 0.0825. The van der Waals surface area contributed by atoms with Gasteiger partial charge in [-0.05, 0) is 86.4 Å². The van der Waals surface area contributed by atoms with Crippen LogP contribution in [0.4, 0.5) is 4.79 Å². The van der Waals surface area contributed by atoms with Crippen molar-refractivity contribution in [3.63, 3.8) is 0 Å². The molecule has 3 aliphatic carbocycles. The molecule has 0 radical (unpaired) electrons. The van der Waals surface area contributed by atoms with E-state index in [0.717, 1.165) is 51.9 Å². The molecule has 3 aromatic rings. The molecule has 0 spiro atoms. The van der Waals surface area contributed by atoms with Crippen molar-refractivity contribution < 1.29 is 82.3 Å². The number of benzene rings is 3. The van der Waals surface area contributed by atoms with E-state index in [1.165, 1.54) is 57.6 Å². The average Bonchev–Trinajstić information content (AvgIpc) is 4.05. The van der Waals surface area contributed by atoms with Crippen molar-refractivity contribution in [1.82, 2.24) is 5.32 Å². The number of hydrogen-bond acceptors (Lipinski definition) is 17. The maximum atomic E-state index is 15.3. The molecule has 2 unspecified atom stereocenters. The zero-order chi connectivity index (χ0) is 60.0. The minimum Gasteiger partial charge on any atom is -0.455 e. The Morgan fingerprint density at radius 2 is 1.37 bits per heavy atom. The Balaban J connectivity index is 1.02. The van der Waals surface area contributed by atoms with E-state index < -0.39 is 126 Å². The monoisotopic (exact) mass is 1170 g/mol. The number of carbonyl (C=O) groups is 5. The average molecular weight is 1170 g/mol. The van der Waals surface area contributed by atoms with Gasteiger partial charge < -0.3 is 63.6 Å². The van der Waals surface area contributed by atoms with E-state index in [9.17, 15) is 39.6 Å². The third-order valence-electron chi connectivity index (χ3n) is 18.1. The second kappa shape index (κ2) is 29.4. The molecule has 1 amide bonds. The summed E-state index contributed by atoms with van der Waals surface area (Å²) in [5.41, 5.74) is -5.21. The lowest BCUT2D eigenvalue weighted by atomic mass is 9.46. The number of aliphatic hydroxyl groups excluding tert-OH is 2. The predicted octanol–water partition coefficient (Wildman–Crippen LogP) is 9.51. The molecule has 0 aromatic heterocycles.